The highest BCUT2D eigenvalue weighted by Crippen LogP contribution is 2.54. The number of rotatable bonds is 4. The molecular formula is C36H36N6O4. The number of nitrogens with zero attached hydrogens (tertiary/aromatic N) is 4. The van der Waals surface area contributed by atoms with E-state index in [4.69, 9.17) is 14.7 Å². The fourth-order valence-electron chi connectivity index (χ4n) is 7.86. The number of amides is 2. The van der Waals surface area contributed by atoms with Crippen molar-refractivity contribution >= 4 is 34.0 Å². The molecule has 3 N–H and O–H groups in total. The molecule has 2 aliphatic heterocycles. The van der Waals surface area contributed by atoms with Gasteiger partial charge in [0.05, 0.1) is 28.8 Å². The predicted molar refractivity (Wildman–Crippen MR) is 173 cm³/mol. The van der Waals surface area contributed by atoms with E-state index in [1.807, 2.05) is 31.9 Å². The van der Waals surface area contributed by atoms with Gasteiger partial charge in [-0.05, 0) is 104 Å². The lowest BCUT2D eigenvalue weighted by molar-refractivity contribution is 0.0175. The number of likely N-dealkylation sites (tertiary alicyclic amines) is 2. The molecule has 10 nitrogen and oxygen atoms in total. The number of ether oxygens (including phenoxy) is 1. The summed E-state index contributed by atoms with van der Waals surface area (Å²) in [6.07, 6.45) is 4.51. The second-order valence-corrected chi connectivity index (χ2v) is 14.5. The smallest absolute Gasteiger partial charge is 0.411 e. The van der Waals surface area contributed by atoms with Crippen molar-refractivity contribution in [1.29, 1.82) is 0 Å². The predicted octanol–water partition coefficient (Wildman–Crippen LogP) is 7.66. The van der Waals surface area contributed by atoms with Gasteiger partial charge in [-0.15, -0.1) is 0 Å². The van der Waals surface area contributed by atoms with Gasteiger partial charge in [-0.25, -0.2) is 19.6 Å². The van der Waals surface area contributed by atoms with Crippen molar-refractivity contribution < 1.29 is 19.4 Å². The number of H-pyrrole nitrogens is 2. The van der Waals surface area contributed by atoms with Gasteiger partial charge in [0.15, 0.2) is 0 Å². The molecule has 4 heterocycles. The third-order valence-electron chi connectivity index (χ3n) is 10.2. The third kappa shape index (κ3) is 4.53. The van der Waals surface area contributed by atoms with Gasteiger partial charge in [0.2, 0.25) is 0 Å². The molecule has 0 radical (unpaired) electrons. The Bertz CT molecular complexity index is 2060. The normalized spacial score (nSPS) is 26.4. The minimum absolute atomic E-state index is 0.102. The SMILES string of the molecule is CC(C)(C)OC(=O)N1[C@@H]2C[C@@H]2C[C@H]1c1nc2cc(-c3ccc4cc(-c5c[nH]c([C@@H]6C[C@H]7C[C@H]7N6C(=O)O)n5)ccc4c3)ccc2[nH]1. The van der Waals surface area contributed by atoms with Crippen LogP contribution in [0.1, 0.15) is 70.2 Å². The number of carbonyl (C=O) groups excluding carboxylic acids is 1. The van der Waals surface area contributed by atoms with Crippen LogP contribution in [0.3, 0.4) is 0 Å². The van der Waals surface area contributed by atoms with Crippen molar-refractivity contribution in [3.63, 3.8) is 0 Å². The monoisotopic (exact) mass is 616 g/mol. The molecule has 4 aliphatic rings. The first-order valence-corrected chi connectivity index (χ1v) is 16.2. The van der Waals surface area contributed by atoms with Crippen LogP contribution >= 0.6 is 0 Å². The van der Waals surface area contributed by atoms with Crippen molar-refractivity contribution in [1.82, 2.24) is 29.7 Å². The van der Waals surface area contributed by atoms with Gasteiger partial charge in [-0.3, -0.25) is 9.80 Å². The molecule has 4 fully saturated rings. The van der Waals surface area contributed by atoms with Gasteiger partial charge in [0.25, 0.3) is 0 Å². The third-order valence-corrected chi connectivity index (χ3v) is 10.2. The maximum absolute atomic E-state index is 13.1. The number of carboxylic acid groups (broad SMARTS) is 1. The number of benzene rings is 3. The number of hydrogen-bond donors (Lipinski definition) is 3. The number of nitrogens with one attached hydrogen (secondary N) is 2. The number of hydrogen-bond acceptors (Lipinski definition) is 5. The van der Waals surface area contributed by atoms with E-state index in [0.29, 0.717) is 11.8 Å². The molecule has 234 valence electrons. The first-order valence-electron chi connectivity index (χ1n) is 16.2. The molecule has 0 unspecified atom stereocenters. The first kappa shape index (κ1) is 27.5. The van der Waals surface area contributed by atoms with E-state index in [9.17, 15) is 14.7 Å². The topological polar surface area (TPSA) is 127 Å². The Morgan fingerprint density at radius 3 is 2.15 bits per heavy atom. The summed E-state index contributed by atoms with van der Waals surface area (Å²) in [6, 6.07) is 19.1. The van der Waals surface area contributed by atoms with Crippen LogP contribution in [0.4, 0.5) is 9.59 Å². The van der Waals surface area contributed by atoms with Crippen LogP contribution in [0.5, 0.6) is 0 Å². The Labute approximate surface area is 265 Å². The van der Waals surface area contributed by atoms with Crippen LogP contribution < -0.4 is 0 Å². The van der Waals surface area contributed by atoms with Gasteiger partial charge in [-0.2, -0.15) is 0 Å². The zero-order chi connectivity index (χ0) is 31.5. The van der Waals surface area contributed by atoms with E-state index >= 15 is 0 Å². The summed E-state index contributed by atoms with van der Waals surface area (Å²) in [7, 11) is 0. The minimum Gasteiger partial charge on any atom is -0.465 e. The highest BCUT2D eigenvalue weighted by atomic mass is 16.6. The maximum atomic E-state index is 13.1. The van der Waals surface area contributed by atoms with Crippen molar-refractivity contribution in [2.75, 3.05) is 0 Å². The second-order valence-electron chi connectivity index (χ2n) is 14.5. The van der Waals surface area contributed by atoms with E-state index < -0.39 is 11.7 Å². The lowest BCUT2D eigenvalue weighted by Gasteiger charge is -2.29. The summed E-state index contributed by atoms with van der Waals surface area (Å²) in [5.41, 5.74) is 5.27. The molecule has 9 rings (SSSR count). The summed E-state index contributed by atoms with van der Waals surface area (Å²) < 4.78 is 5.75. The van der Waals surface area contributed by atoms with Crippen LogP contribution in [0.25, 0.3) is 44.2 Å². The molecule has 3 aromatic carbocycles. The lowest BCUT2D eigenvalue weighted by Crippen LogP contribution is -2.38. The van der Waals surface area contributed by atoms with Crippen molar-refractivity contribution in [3.8, 4) is 22.4 Å². The summed E-state index contributed by atoms with van der Waals surface area (Å²) in [5.74, 6) is 2.53. The Balaban J connectivity index is 0.959. The van der Waals surface area contributed by atoms with Crippen LogP contribution in [0.15, 0.2) is 60.8 Å². The molecule has 2 aromatic heterocycles. The molecular weight excluding hydrogens is 580 g/mol. The van der Waals surface area contributed by atoms with E-state index in [1.165, 1.54) is 0 Å². The van der Waals surface area contributed by atoms with Gasteiger partial charge < -0.3 is 19.8 Å². The fraction of sp³-hybridized carbons (Fsp3) is 0.389. The van der Waals surface area contributed by atoms with Crippen molar-refractivity contribution in [3.05, 3.63) is 72.4 Å². The lowest BCUT2D eigenvalue weighted by atomic mass is 9.99. The number of piperidine rings is 2. The molecule has 0 bridgehead atoms. The Kier molecular flexibility index (Phi) is 5.71. The molecule has 5 aromatic rings. The van der Waals surface area contributed by atoms with Gasteiger partial charge in [-0.1, -0.05) is 30.3 Å². The highest BCUT2D eigenvalue weighted by molar-refractivity contribution is 5.92. The maximum Gasteiger partial charge on any atom is 0.411 e. The van der Waals surface area contributed by atoms with E-state index in [1.54, 1.807) is 4.90 Å². The molecule has 2 aliphatic carbocycles. The van der Waals surface area contributed by atoms with Gasteiger partial charge in [0, 0.05) is 23.8 Å². The molecule has 6 atom stereocenters. The number of aromatic amines is 2. The number of aromatic nitrogens is 4. The van der Waals surface area contributed by atoms with E-state index in [-0.39, 0.29) is 30.3 Å². The quantitative estimate of drug-likeness (QED) is 0.190. The van der Waals surface area contributed by atoms with Gasteiger partial charge in [0.1, 0.15) is 17.2 Å². The average Bonchev–Trinajstić information content (AvgIpc) is 3.64. The molecule has 0 spiro atoms. The van der Waals surface area contributed by atoms with Crippen molar-refractivity contribution in [2.45, 2.75) is 76.2 Å². The zero-order valence-corrected chi connectivity index (χ0v) is 26.0. The molecule has 10 heteroatoms. The fourth-order valence-corrected chi connectivity index (χ4v) is 7.86. The molecule has 2 amide bonds. The Morgan fingerprint density at radius 2 is 1.43 bits per heavy atom. The van der Waals surface area contributed by atoms with Crippen LogP contribution in [-0.4, -0.2) is 64.7 Å². The largest absolute Gasteiger partial charge is 0.465 e. The number of imidazole rings is 2. The number of carbonyl (C=O) groups is 2. The summed E-state index contributed by atoms with van der Waals surface area (Å²) in [4.78, 5) is 44.9. The van der Waals surface area contributed by atoms with Crippen LogP contribution in [0.2, 0.25) is 0 Å². The van der Waals surface area contributed by atoms with Crippen molar-refractivity contribution in [2.24, 2.45) is 11.8 Å². The molecule has 2 saturated carbocycles. The Hall–Kier alpha value is -4.86. The second kappa shape index (κ2) is 9.57. The highest BCUT2D eigenvalue weighted by Gasteiger charge is 2.57. The average molecular weight is 617 g/mol. The van der Waals surface area contributed by atoms with Crippen LogP contribution in [0, 0.1) is 11.8 Å². The number of fused-ring (bicyclic) bond motifs is 4. The van der Waals surface area contributed by atoms with E-state index in [2.05, 4.69) is 64.6 Å². The summed E-state index contributed by atoms with van der Waals surface area (Å²) in [5, 5.41) is 11.9. The summed E-state index contributed by atoms with van der Waals surface area (Å²) in [6.45, 7) is 5.71. The van der Waals surface area contributed by atoms with Crippen LogP contribution in [-0.2, 0) is 4.74 Å². The minimum atomic E-state index is -0.865. The standard InChI is InChI=1S/C36H36N6O4/c1-36(2,3)46-35(45)42-29-14-24(29)16-31(42)33-38-25-9-8-21(12-26(25)39-33)19-4-5-20-11-22(7-6-18(20)10-19)27-17-37-32(40-27)30-15-23-13-28(23)41(30)34(43)44/h4-12,17,23-24,28-31H,13-16H2,1-3H3,(H,37,40)(H,38,39)(H,43,44)/t23-,24-,28-,29-,30+,31+/m1/s1. The van der Waals surface area contributed by atoms with Gasteiger partial charge >= 0.3 is 12.2 Å². The first-order chi connectivity index (χ1) is 22.1. The van der Waals surface area contributed by atoms with E-state index in [0.717, 1.165) is 81.5 Å². The zero-order valence-electron chi connectivity index (χ0n) is 26.0. The Morgan fingerprint density at radius 1 is 0.804 bits per heavy atom. The molecule has 46 heavy (non-hydrogen) atoms. The molecule has 2 saturated heterocycles. The summed E-state index contributed by atoms with van der Waals surface area (Å²) >= 11 is 0.